The topological polar surface area (TPSA) is 70.5 Å². The van der Waals surface area contributed by atoms with Crippen molar-refractivity contribution in [1.82, 2.24) is 9.29 Å². The number of rotatable bonds is 2. The molecule has 1 aromatic heterocycles. The molecule has 112 valence electrons. The molecule has 0 aliphatic carbocycles. The van der Waals surface area contributed by atoms with Crippen molar-refractivity contribution in [1.29, 1.82) is 0 Å². The van der Waals surface area contributed by atoms with Gasteiger partial charge in [-0.05, 0) is 31.9 Å². The van der Waals surface area contributed by atoms with E-state index in [1.54, 1.807) is 37.5 Å². The SMILES string of the molecule is CC1(O)CCN(S(=O)(=O)c2cccc3cnccc23)CC1. The molecule has 2 heterocycles. The van der Waals surface area contributed by atoms with E-state index in [4.69, 9.17) is 0 Å². The Bertz CT molecular complexity index is 756. The van der Waals surface area contributed by atoms with Gasteiger partial charge in [-0.15, -0.1) is 0 Å². The van der Waals surface area contributed by atoms with Crippen LogP contribution in [0.5, 0.6) is 0 Å². The molecule has 0 bridgehead atoms. The van der Waals surface area contributed by atoms with Crippen molar-refractivity contribution in [3.05, 3.63) is 36.7 Å². The Labute approximate surface area is 124 Å². The minimum absolute atomic E-state index is 0.309. The number of benzene rings is 1. The molecule has 6 heteroatoms. The minimum atomic E-state index is -3.54. The van der Waals surface area contributed by atoms with E-state index in [2.05, 4.69) is 4.98 Å². The standard InChI is InChI=1S/C15H18N2O3S/c1-15(18)6-9-17(10-7-15)21(19,20)14-4-2-3-12-11-16-8-5-13(12)14/h2-5,8,11,18H,6-7,9-10H2,1H3. The summed E-state index contributed by atoms with van der Waals surface area (Å²) >= 11 is 0. The number of nitrogens with zero attached hydrogens (tertiary/aromatic N) is 2. The largest absolute Gasteiger partial charge is 0.390 e. The molecule has 1 aliphatic rings. The molecular weight excluding hydrogens is 288 g/mol. The number of aliphatic hydroxyl groups is 1. The first-order chi connectivity index (χ1) is 9.90. The lowest BCUT2D eigenvalue weighted by atomic mass is 9.95. The maximum Gasteiger partial charge on any atom is 0.243 e. The van der Waals surface area contributed by atoms with Crippen molar-refractivity contribution in [2.75, 3.05) is 13.1 Å². The van der Waals surface area contributed by atoms with Gasteiger partial charge in [-0.1, -0.05) is 12.1 Å². The van der Waals surface area contributed by atoms with Crippen LogP contribution >= 0.6 is 0 Å². The van der Waals surface area contributed by atoms with Crippen LogP contribution in [0, 0.1) is 0 Å². The van der Waals surface area contributed by atoms with E-state index >= 15 is 0 Å². The van der Waals surface area contributed by atoms with Gasteiger partial charge >= 0.3 is 0 Å². The zero-order valence-electron chi connectivity index (χ0n) is 11.9. The Morgan fingerprint density at radius 3 is 2.67 bits per heavy atom. The molecule has 0 atom stereocenters. The highest BCUT2D eigenvalue weighted by atomic mass is 32.2. The van der Waals surface area contributed by atoms with E-state index in [1.165, 1.54) is 4.31 Å². The third-order valence-electron chi connectivity index (χ3n) is 4.06. The smallest absolute Gasteiger partial charge is 0.243 e. The Morgan fingerprint density at radius 1 is 1.24 bits per heavy atom. The normalized spacial score (nSPS) is 19.7. The van der Waals surface area contributed by atoms with Crippen LogP contribution in [0.1, 0.15) is 19.8 Å². The number of hydrogen-bond acceptors (Lipinski definition) is 4. The molecule has 0 unspecified atom stereocenters. The summed E-state index contributed by atoms with van der Waals surface area (Å²) in [4.78, 5) is 4.34. The van der Waals surface area contributed by atoms with Gasteiger partial charge < -0.3 is 5.11 Å². The number of pyridine rings is 1. The van der Waals surface area contributed by atoms with Crippen LogP contribution in [-0.2, 0) is 10.0 Å². The molecule has 0 saturated carbocycles. The van der Waals surface area contributed by atoms with E-state index in [9.17, 15) is 13.5 Å². The fourth-order valence-corrected chi connectivity index (χ4v) is 4.32. The molecule has 1 aromatic carbocycles. The van der Waals surface area contributed by atoms with Gasteiger partial charge in [0.15, 0.2) is 0 Å². The molecule has 0 radical (unpaired) electrons. The molecule has 0 amide bonds. The highest BCUT2D eigenvalue weighted by molar-refractivity contribution is 7.89. The molecule has 3 rings (SSSR count). The number of fused-ring (bicyclic) bond motifs is 1. The predicted octanol–water partition coefficient (Wildman–Crippen LogP) is 1.77. The van der Waals surface area contributed by atoms with E-state index < -0.39 is 15.6 Å². The fraction of sp³-hybridized carbons (Fsp3) is 0.400. The summed E-state index contributed by atoms with van der Waals surface area (Å²) in [6, 6.07) is 6.94. The zero-order chi connectivity index (χ0) is 15.1. The van der Waals surface area contributed by atoms with Crippen LogP contribution < -0.4 is 0 Å². The van der Waals surface area contributed by atoms with E-state index in [1.807, 2.05) is 6.07 Å². The van der Waals surface area contributed by atoms with E-state index in [0.717, 1.165) is 5.39 Å². The van der Waals surface area contributed by atoms with Crippen LogP contribution in [0.15, 0.2) is 41.6 Å². The van der Waals surface area contributed by atoms with Crippen molar-refractivity contribution in [2.45, 2.75) is 30.3 Å². The summed E-state index contributed by atoms with van der Waals surface area (Å²) in [5.41, 5.74) is -0.769. The lowest BCUT2D eigenvalue weighted by molar-refractivity contribution is 0.0126. The molecule has 1 aliphatic heterocycles. The lowest BCUT2D eigenvalue weighted by Crippen LogP contribution is -2.45. The second kappa shape index (κ2) is 5.05. The number of hydrogen-bond donors (Lipinski definition) is 1. The Morgan fingerprint density at radius 2 is 1.95 bits per heavy atom. The average Bonchev–Trinajstić information content (AvgIpc) is 2.46. The van der Waals surface area contributed by atoms with Crippen LogP contribution in [0.4, 0.5) is 0 Å². The van der Waals surface area contributed by atoms with E-state index in [-0.39, 0.29) is 0 Å². The Balaban J connectivity index is 2.02. The van der Waals surface area contributed by atoms with Crippen molar-refractivity contribution < 1.29 is 13.5 Å². The summed E-state index contributed by atoms with van der Waals surface area (Å²) < 4.78 is 27.1. The molecule has 21 heavy (non-hydrogen) atoms. The number of sulfonamides is 1. The monoisotopic (exact) mass is 306 g/mol. The molecular formula is C15H18N2O3S. The van der Waals surface area contributed by atoms with Gasteiger partial charge in [0.1, 0.15) is 0 Å². The maximum absolute atomic E-state index is 12.8. The second-order valence-electron chi connectivity index (χ2n) is 5.75. The molecule has 2 aromatic rings. The van der Waals surface area contributed by atoms with Crippen LogP contribution in [-0.4, -0.2) is 41.5 Å². The van der Waals surface area contributed by atoms with Gasteiger partial charge in [0.05, 0.1) is 10.5 Å². The lowest BCUT2D eigenvalue weighted by Gasteiger charge is -2.35. The van der Waals surface area contributed by atoms with Gasteiger partial charge in [0.2, 0.25) is 10.0 Å². The summed E-state index contributed by atoms with van der Waals surface area (Å²) in [5, 5.41) is 11.5. The van der Waals surface area contributed by atoms with E-state index in [0.29, 0.717) is 36.2 Å². The van der Waals surface area contributed by atoms with Crippen molar-refractivity contribution in [2.24, 2.45) is 0 Å². The van der Waals surface area contributed by atoms with Crippen molar-refractivity contribution in [3.8, 4) is 0 Å². The predicted molar refractivity (Wildman–Crippen MR) is 80.4 cm³/mol. The third-order valence-corrected chi connectivity index (χ3v) is 6.01. The van der Waals surface area contributed by atoms with Gasteiger partial charge in [-0.2, -0.15) is 4.31 Å². The van der Waals surface area contributed by atoms with Crippen LogP contribution in [0.3, 0.4) is 0 Å². The first-order valence-corrected chi connectivity index (χ1v) is 8.39. The third kappa shape index (κ3) is 2.66. The van der Waals surface area contributed by atoms with Gasteiger partial charge in [0, 0.05) is 36.3 Å². The molecule has 1 N–H and O–H groups in total. The maximum atomic E-state index is 12.8. The number of piperidine rings is 1. The molecule has 5 nitrogen and oxygen atoms in total. The number of aromatic nitrogens is 1. The van der Waals surface area contributed by atoms with Crippen LogP contribution in [0.25, 0.3) is 10.8 Å². The molecule has 1 saturated heterocycles. The molecule has 0 spiro atoms. The Kier molecular flexibility index (Phi) is 3.47. The van der Waals surface area contributed by atoms with Gasteiger partial charge in [-0.25, -0.2) is 8.42 Å². The van der Waals surface area contributed by atoms with Crippen molar-refractivity contribution in [3.63, 3.8) is 0 Å². The van der Waals surface area contributed by atoms with Crippen LogP contribution in [0.2, 0.25) is 0 Å². The van der Waals surface area contributed by atoms with Crippen molar-refractivity contribution >= 4 is 20.8 Å². The average molecular weight is 306 g/mol. The summed E-state index contributed by atoms with van der Waals surface area (Å²) in [5.74, 6) is 0. The fourth-order valence-electron chi connectivity index (χ4n) is 2.67. The highest BCUT2D eigenvalue weighted by Gasteiger charge is 2.34. The summed E-state index contributed by atoms with van der Waals surface area (Å²) in [6.45, 7) is 2.44. The Hall–Kier alpha value is -1.50. The highest BCUT2D eigenvalue weighted by Crippen LogP contribution is 2.29. The first kappa shape index (κ1) is 14.4. The zero-order valence-corrected chi connectivity index (χ0v) is 12.7. The quantitative estimate of drug-likeness (QED) is 0.918. The minimum Gasteiger partial charge on any atom is -0.390 e. The summed E-state index contributed by atoms with van der Waals surface area (Å²) in [7, 11) is -3.54. The second-order valence-corrected chi connectivity index (χ2v) is 7.66. The first-order valence-electron chi connectivity index (χ1n) is 6.95. The molecule has 1 fully saturated rings. The van der Waals surface area contributed by atoms with Gasteiger partial charge in [-0.3, -0.25) is 4.98 Å². The summed E-state index contributed by atoms with van der Waals surface area (Å²) in [6.07, 6.45) is 4.18. The van der Waals surface area contributed by atoms with Gasteiger partial charge in [0.25, 0.3) is 0 Å².